The highest BCUT2D eigenvalue weighted by Crippen LogP contribution is 2.41. The third-order valence-electron chi connectivity index (χ3n) is 5.04. The van der Waals surface area contributed by atoms with E-state index in [1.807, 2.05) is 30.3 Å². The number of halogens is 3. The number of rotatable bonds is 3. The largest absolute Gasteiger partial charge is 0.326 e. The van der Waals surface area contributed by atoms with Crippen LogP contribution in [-0.4, -0.2) is 21.6 Å². The molecule has 0 saturated heterocycles. The zero-order valence-corrected chi connectivity index (χ0v) is 16.6. The van der Waals surface area contributed by atoms with Gasteiger partial charge in [-0.05, 0) is 43.2 Å². The molecule has 0 saturated carbocycles. The van der Waals surface area contributed by atoms with Crippen LogP contribution in [0.5, 0.6) is 0 Å². The van der Waals surface area contributed by atoms with Gasteiger partial charge in [-0.1, -0.05) is 47.8 Å². The molecule has 4 rings (SSSR count). The van der Waals surface area contributed by atoms with Crippen LogP contribution in [0, 0.1) is 0 Å². The van der Waals surface area contributed by atoms with Crippen molar-refractivity contribution in [1.29, 1.82) is 0 Å². The first-order valence-corrected chi connectivity index (χ1v) is 9.79. The number of fused-ring (bicyclic) bond motifs is 3. The van der Waals surface area contributed by atoms with E-state index >= 15 is 0 Å². The molecule has 1 aliphatic rings. The molecule has 3 aromatic rings. The zero-order valence-electron chi connectivity index (χ0n) is 14.3. The molecule has 0 spiro atoms. The number of hydrogen-bond acceptors (Lipinski definition) is 3. The number of benzene rings is 2. The van der Waals surface area contributed by atoms with Crippen molar-refractivity contribution >= 4 is 57.5 Å². The Morgan fingerprint density at radius 1 is 1.19 bits per heavy atom. The highest BCUT2D eigenvalue weighted by Gasteiger charge is 2.34. The molecule has 0 radical (unpaired) electrons. The Bertz CT molecular complexity index is 969. The highest BCUT2D eigenvalue weighted by atomic mass is 35.5. The Labute approximate surface area is 167 Å². The van der Waals surface area contributed by atoms with E-state index in [4.69, 9.17) is 45.5 Å². The molecule has 0 bridgehead atoms. The molecular formula is C19H19Cl3N4. The third kappa shape index (κ3) is 2.85. The van der Waals surface area contributed by atoms with Gasteiger partial charge in [-0.25, -0.2) is 4.98 Å². The second kappa shape index (κ2) is 6.93. The molecule has 4 nitrogen and oxygen atoms in total. The van der Waals surface area contributed by atoms with Gasteiger partial charge in [0.05, 0.1) is 27.3 Å². The van der Waals surface area contributed by atoms with Crippen molar-refractivity contribution in [3.8, 4) is 0 Å². The first-order valence-electron chi connectivity index (χ1n) is 8.66. The lowest BCUT2D eigenvalue weighted by atomic mass is 9.99. The van der Waals surface area contributed by atoms with Crippen molar-refractivity contribution in [3.63, 3.8) is 0 Å². The van der Waals surface area contributed by atoms with Gasteiger partial charge in [0.2, 0.25) is 5.95 Å². The van der Waals surface area contributed by atoms with Crippen LogP contribution in [0.2, 0.25) is 15.1 Å². The maximum Gasteiger partial charge on any atom is 0.211 e. The predicted molar refractivity (Wildman–Crippen MR) is 110 cm³/mol. The maximum atomic E-state index is 6.54. The summed E-state index contributed by atoms with van der Waals surface area (Å²) in [4.78, 5) is 7.00. The summed E-state index contributed by atoms with van der Waals surface area (Å²) in [5.74, 6) is 0.817. The van der Waals surface area contributed by atoms with Crippen LogP contribution in [0.15, 0.2) is 36.4 Å². The molecular weight excluding hydrogens is 391 g/mol. The number of imidazole rings is 1. The Balaban J connectivity index is 1.95. The van der Waals surface area contributed by atoms with E-state index in [0.717, 1.165) is 42.1 Å². The number of anilines is 2. The topological polar surface area (TPSA) is 47.1 Å². The summed E-state index contributed by atoms with van der Waals surface area (Å²) in [5.41, 5.74) is 9.14. The quantitative estimate of drug-likeness (QED) is 0.608. The molecule has 1 aromatic heterocycles. The fraction of sp³-hybridized carbons (Fsp3) is 0.316. The Morgan fingerprint density at radius 3 is 2.73 bits per heavy atom. The summed E-state index contributed by atoms with van der Waals surface area (Å²) in [7, 11) is 0. The van der Waals surface area contributed by atoms with Crippen LogP contribution >= 0.6 is 34.8 Å². The van der Waals surface area contributed by atoms with Gasteiger partial charge in [0, 0.05) is 17.6 Å². The lowest BCUT2D eigenvalue weighted by Gasteiger charge is -2.40. The summed E-state index contributed by atoms with van der Waals surface area (Å²) < 4.78 is 2.19. The van der Waals surface area contributed by atoms with E-state index < -0.39 is 0 Å². The van der Waals surface area contributed by atoms with Gasteiger partial charge in [0.15, 0.2) is 0 Å². The van der Waals surface area contributed by atoms with Gasteiger partial charge in [-0.3, -0.25) is 0 Å². The average Bonchev–Trinajstić information content (AvgIpc) is 3.01. The molecule has 136 valence electrons. The fourth-order valence-electron chi connectivity index (χ4n) is 3.68. The molecule has 7 heteroatoms. The molecule has 0 amide bonds. The van der Waals surface area contributed by atoms with E-state index in [2.05, 4.69) is 16.4 Å². The van der Waals surface area contributed by atoms with Crippen molar-refractivity contribution in [2.45, 2.75) is 38.4 Å². The Morgan fingerprint density at radius 2 is 2.00 bits per heavy atom. The van der Waals surface area contributed by atoms with Crippen LogP contribution in [0.1, 0.15) is 19.8 Å². The predicted octanol–water partition coefficient (Wildman–Crippen LogP) is 5.64. The van der Waals surface area contributed by atoms with E-state index in [0.29, 0.717) is 15.1 Å². The monoisotopic (exact) mass is 408 g/mol. The molecule has 26 heavy (non-hydrogen) atoms. The highest BCUT2D eigenvalue weighted by molar-refractivity contribution is 6.36. The van der Waals surface area contributed by atoms with E-state index in [1.54, 1.807) is 6.07 Å². The van der Waals surface area contributed by atoms with E-state index in [-0.39, 0.29) is 12.1 Å². The number of aromatic nitrogens is 2. The van der Waals surface area contributed by atoms with E-state index in [1.165, 1.54) is 0 Å². The SMILES string of the molecule is CCC(N)C1CCn2c(nc3c(Cl)cccc32)N1c1ccc(Cl)cc1Cl. The first-order chi connectivity index (χ1) is 12.5. The second-order valence-electron chi connectivity index (χ2n) is 6.56. The minimum atomic E-state index is 0.00535. The normalized spacial score (nSPS) is 18.2. The van der Waals surface area contributed by atoms with Crippen molar-refractivity contribution < 1.29 is 0 Å². The molecule has 0 fully saturated rings. The second-order valence-corrected chi connectivity index (χ2v) is 7.82. The average molecular weight is 410 g/mol. The van der Waals surface area contributed by atoms with E-state index in [9.17, 15) is 0 Å². The summed E-state index contributed by atoms with van der Waals surface area (Å²) >= 11 is 19.0. The molecule has 2 N–H and O–H groups in total. The number of nitrogens with two attached hydrogens (primary N) is 1. The lowest BCUT2D eigenvalue weighted by Crippen LogP contribution is -2.49. The van der Waals surface area contributed by atoms with Crippen LogP contribution in [-0.2, 0) is 6.54 Å². The van der Waals surface area contributed by atoms with Crippen molar-refractivity contribution in [2.75, 3.05) is 4.90 Å². The molecule has 2 heterocycles. The molecule has 0 aliphatic carbocycles. The van der Waals surface area contributed by atoms with Crippen molar-refractivity contribution in [1.82, 2.24) is 9.55 Å². The van der Waals surface area contributed by atoms with Gasteiger partial charge in [-0.2, -0.15) is 0 Å². The van der Waals surface area contributed by atoms with Crippen LogP contribution in [0.4, 0.5) is 11.6 Å². The minimum absolute atomic E-state index is 0.00535. The van der Waals surface area contributed by atoms with Gasteiger partial charge >= 0.3 is 0 Å². The van der Waals surface area contributed by atoms with Gasteiger partial charge in [0.25, 0.3) is 0 Å². The summed E-state index contributed by atoms with van der Waals surface area (Å²) in [5, 5.41) is 1.82. The molecule has 1 aliphatic heterocycles. The summed E-state index contributed by atoms with van der Waals surface area (Å²) in [6.07, 6.45) is 1.77. The molecule has 2 unspecified atom stereocenters. The van der Waals surface area contributed by atoms with Crippen LogP contribution < -0.4 is 10.6 Å². The van der Waals surface area contributed by atoms with Crippen molar-refractivity contribution in [3.05, 3.63) is 51.5 Å². The Hall–Kier alpha value is -1.46. The van der Waals surface area contributed by atoms with Gasteiger partial charge < -0.3 is 15.2 Å². The third-order valence-corrected chi connectivity index (χ3v) is 5.88. The summed E-state index contributed by atoms with van der Waals surface area (Å²) in [6, 6.07) is 11.5. The maximum absolute atomic E-state index is 6.54. The fourth-order valence-corrected chi connectivity index (χ4v) is 4.40. The standard InChI is InChI=1S/C19H19Cl3N4/c1-2-14(23)16-8-9-25-17-5-3-4-12(21)18(17)24-19(25)26(16)15-7-6-11(20)10-13(15)22/h3-7,10,14,16H,2,8-9,23H2,1H3. The first kappa shape index (κ1) is 17.9. The zero-order chi connectivity index (χ0) is 18.4. The molecule has 2 atom stereocenters. The van der Waals surface area contributed by atoms with Crippen molar-refractivity contribution in [2.24, 2.45) is 5.73 Å². The lowest BCUT2D eigenvalue weighted by molar-refractivity contribution is 0.417. The molecule has 2 aromatic carbocycles. The minimum Gasteiger partial charge on any atom is -0.326 e. The number of para-hydroxylation sites is 1. The van der Waals surface area contributed by atoms with Gasteiger partial charge in [-0.15, -0.1) is 0 Å². The smallest absolute Gasteiger partial charge is 0.211 e. The number of aryl methyl sites for hydroxylation is 1. The van der Waals surface area contributed by atoms with Crippen LogP contribution in [0.3, 0.4) is 0 Å². The van der Waals surface area contributed by atoms with Gasteiger partial charge in [0.1, 0.15) is 5.52 Å². The summed E-state index contributed by atoms with van der Waals surface area (Å²) in [6.45, 7) is 2.94. The Kier molecular flexibility index (Phi) is 4.78. The van der Waals surface area contributed by atoms with Crippen LogP contribution in [0.25, 0.3) is 11.0 Å². The number of hydrogen-bond donors (Lipinski definition) is 1. The number of nitrogens with zero attached hydrogens (tertiary/aromatic N) is 3.